The molecule has 2 aromatic rings. The van der Waals surface area contributed by atoms with Crippen molar-refractivity contribution < 1.29 is 9.90 Å². The van der Waals surface area contributed by atoms with Crippen LogP contribution in [0.15, 0.2) is 12.4 Å². The number of hydrogen-bond donors (Lipinski definition) is 1. The lowest BCUT2D eigenvalue weighted by atomic mass is 10.2. The molecule has 2 aromatic heterocycles. The molecule has 16 heavy (non-hydrogen) atoms. The molecule has 0 aliphatic rings. The molecule has 0 atom stereocenters. The Hall–Kier alpha value is -1.62. The van der Waals surface area contributed by atoms with Gasteiger partial charge >= 0.3 is 5.97 Å². The van der Waals surface area contributed by atoms with E-state index in [0.29, 0.717) is 28.2 Å². The van der Waals surface area contributed by atoms with E-state index < -0.39 is 5.97 Å². The molecule has 2 rings (SSSR count). The van der Waals surface area contributed by atoms with E-state index in [0.717, 1.165) is 0 Å². The van der Waals surface area contributed by atoms with Crippen molar-refractivity contribution in [1.29, 1.82) is 0 Å². The fourth-order valence-corrected chi connectivity index (χ4v) is 1.81. The zero-order chi connectivity index (χ0) is 11.7. The average molecular weight is 240 g/mol. The van der Waals surface area contributed by atoms with Crippen LogP contribution in [0.25, 0.3) is 11.0 Å². The van der Waals surface area contributed by atoms with Crippen LogP contribution in [-0.4, -0.2) is 25.8 Å². The Labute approximate surface area is 96.7 Å². The topological polar surface area (TPSA) is 68.0 Å². The first-order chi connectivity index (χ1) is 7.63. The van der Waals surface area contributed by atoms with Gasteiger partial charge in [-0.3, -0.25) is 4.79 Å². The van der Waals surface area contributed by atoms with Crippen LogP contribution in [0.1, 0.15) is 12.5 Å². The summed E-state index contributed by atoms with van der Waals surface area (Å²) in [7, 11) is 0. The summed E-state index contributed by atoms with van der Waals surface area (Å²) < 4.78 is 1.71. The van der Waals surface area contributed by atoms with E-state index in [2.05, 4.69) is 10.1 Å². The van der Waals surface area contributed by atoms with E-state index >= 15 is 0 Å². The second-order valence-corrected chi connectivity index (χ2v) is 3.74. The number of rotatable bonds is 3. The van der Waals surface area contributed by atoms with Gasteiger partial charge in [0.1, 0.15) is 0 Å². The highest BCUT2D eigenvalue weighted by Crippen LogP contribution is 2.25. The minimum Gasteiger partial charge on any atom is -0.481 e. The van der Waals surface area contributed by atoms with Crippen LogP contribution in [0.5, 0.6) is 0 Å². The van der Waals surface area contributed by atoms with Gasteiger partial charge in [-0.25, -0.2) is 9.67 Å². The fraction of sp³-hybridized carbons (Fsp3) is 0.300. The van der Waals surface area contributed by atoms with E-state index in [1.165, 1.54) is 6.20 Å². The highest BCUT2D eigenvalue weighted by molar-refractivity contribution is 6.36. The van der Waals surface area contributed by atoms with Gasteiger partial charge in [0, 0.05) is 18.3 Å². The van der Waals surface area contributed by atoms with Gasteiger partial charge in [0.15, 0.2) is 5.65 Å². The van der Waals surface area contributed by atoms with E-state index in [1.54, 1.807) is 10.9 Å². The van der Waals surface area contributed by atoms with Crippen molar-refractivity contribution in [3.8, 4) is 0 Å². The summed E-state index contributed by atoms with van der Waals surface area (Å²) in [4.78, 5) is 14.8. The molecule has 2 heterocycles. The van der Waals surface area contributed by atoms with Crippen LogP contribution >= 0.6 is 11.6 Å². The molecule has 1 N–H and O–H groups in total. The van der Waals surface area contributed by atoms with Gasteiger partial charge in [0.25, 0.3) is 0 Å². The van der Waals surface area contributed by atoms with Gasteiger partial charge in [-0.05, 0) is 6.92 Å². The lowest BCUT2D eigenvalue weighted by Crippen LogP contribution is -2.02. The minimum absolute atomic E-state index is 0.126. The number of pyridine rings is 1. The normalized spacial score (nSPS) is 10.9. The number of aliphatic carboxylic acids is 1. The lowest BCUT2D eigenvalue weighted by molar-refractivity contribution is -0.136. The van der Waals surface area contributed by atoms with Crippen molar-refractivity contribution in [2.24, 2.45) is 0 Å². The Morgan fingerprint density at radius 2 is 2.31 bits per heavy atom. The molecule has 0 radical (unpaired) electrons. The maximum Gasteiger partial charge on any atom is 0.307 e. The number of halogens is 1. The Morgan fingerprint density at radius 3 is 2.94 bits per heavy atom. The first kappa shape index (κ1) is 10.9. The van der Waals surface area contributed by atoms with E-state index in [-0.39, 0.29) is 6.42 Å². The molecule has 0 unspecified atom stereocenters. The van der Waals surface area contributed by atoms with Crippen LogP contribution in [0, 0.1) is 0 Å². The van der Waals surface area contributed by atoms with Crippen molar-refractivity contribution >= 4 is 28.6 Å². The van der Waals surface area contributed by atoms with Gasteiger partial charge < -0.3 is 5.11 Å². The number of carboxylic acid groups (broad SMARTS) is 1. The van der Waals surface area contributed by atoms with Gasteiger partial charge in [-0.2, -0.15) is 5.10 Å². The minimum atomic E-state index is -0.925. The second-order valence-electron chi connectivity index (χ2n) is 3.37. The predicted molar refractivity (Wildman–Crippen MR) is 59.6 cm³/mol. The maximum atomic E-state index is 10.6. The zero-order valence-corrected chi connectivity index (χ0v) is 9.40. The molecule has 0 spiro atoms. The first-order valence-electron chi connectivity index (χ1n) is 4.84. The molecular weight excluding hydrogens is 230 g/mol. The second kappa shape index (κ2) is 4.09. The summed E-state index contributed by atoms with van der Waals surface area (Å²) in [6.07, 6.45) is 2.98. The van der Waals surface area contributed by atoms with Gasteiger partial charge in [0.2, 0.25) is 0 Å². The van der Waals surface area contributed by atoms with Crippen LogP contribution < -0.4 is 0 Å². The summed E-state index contributed by atoms with van der Waals surface area (Å²) in [5.74, 6) is -0.925. The molecule has 0 aliphatic carbocycles. The van der Waals surface area contributed by atoms with Crippen molar-refractivity contribution in [2.45, 2.75) is 19.9 Å². The van der Waals surface area contributed by atoms with Crippen molar-refractivity contribution in [3.63, 3.8) is 0 Å². The van der Waals surface area contributed by atoms with Crippen molar-refractivity contribution in [2.75, 3.05) is 0 Å². The number of fused-ring (bicyclic) bond motifs is 1. The van der Waals surface area contributed by atoms with E-state index in [1.807, 2.05) is 6.92 Å². The average Bonchev–Trinajstić information content (AvgIpc) is 2.65. The maximum absolute atomic E-state index is 10.6. The SMILES string of the molecule is CCn1ncc2c(Cl)c(CC(=O)O)cnc21. The fourth-order valence-electron chi connectivity index (χ4n) is 1.56. The standard InChI is InChI=1S/C10H10ClN3O2/c1-2-14-10-7(5-13-14)9(11)6(4-12-10)3-8(15)16/h4-5H,2-3H2,1H3,(H,15,16). The smallest absolute Gasteiger partial charge is 0.307 e. The molecule has 0 amide bonds. The summed E-state index contributed by atoms with van der Waals surface area (Å²) in [5.41, 5.74) is 1.19. The number of nitrogens with zero attached hydrogens (tertiary/aromatic N) is 3. The predicted octanol–water partition coefficient (Wildman–Crippen LogP) is 1.73. The molecule has 84 valence electrons. The summed E-state index contributed by atoms with van der Waals surface area (Å²) in [6, 6.07) is 0. The van der Waals surface area contributed by atoms with Crippen molar-refractivity contribution in [3.05, 3.63) is 23.0 Å². The quantitative estimate of drug-likeness (QED) is 0.886. The number of aromatic nitrogens is 3. The van der Waals surface area contributed by atoms with E-state index in [9.17, 15) is 4.79 Å². The number of hydrogen-bond acceptors (Lipinski definition) is 3. The molecule has 0 saturated heterocycles. The Kier molecular flexibility index (Phi) is 2.78. The molecule has 0 fully saturated rings. The highest BCUT2D eigenvalue weighted by Gasteiger charge is 2.12. The molecule has 0 saturated carbocycles. The van der Waals surface area contributed by atoms with Gasteiger partial charge in [-0.1, -0.05) is 11.6 Å². The lowest BCUT2D eigenvalue weighted by Gasteiger charge is -2.02. The van der Waals surface area contributed by atoms with Crippen LogP contribution in [0.4, 0.5) is 0 Å². The highest BCUT2D eigenvalue weighted by atomic mass is 35.5. The zero-order valence-electron chi connectivity index (χ0n) is 8.64. The largest absolute Gasteiger partial charge is 0.481 e. The third kappa shape index (κ3) is 1.74. The number of aryl methyl sites for hydroxylation is 1. The third-order valence-electron chi connectivity index (χ3n) is 2.31. The first-order valence-corrected chi connectivity index (χ1v) is 5.22. The summed E-state index contributed by atoms with van der Waals surface area (Å²) >= 11 is 6.10. The van der Waals surface area contributed by atoms with Gasteiger partial charge in [-0.15, -0.1) is 0 Å². The summed E-state index contributed by atoms with van der Waals surface area (Å²) in [6.45, 7) is 2.65. The molecule has 6 heteroatoms. The molecule has 0 bridgehead atoms. The van der Waals surface area contributed by atoms with Crippen molar-refractivity contribution in [1.82, 2.24) is 14.8 Å². The Bertz CT molecular complexity index is 550. The molecule has 5 nitrogen and oxygen atoms in total. The summed E-state index contributed by atoms with van der Waals surface area (Å²) in [5, 5.41) is 13.9. The third-order valence-corrected chi connectivity index (χ3v) is 2.76. The van der Waals surface area contributed by atoms with Crippen LogP contribution in [0.3, 0.4) is 0 Å². The number of carboxylic acids is 1. The monoisotopic (exact) mass is 239 g/mol. The number of carbonyl (C=O) groups is 1. The van der Waals surface area contributed by atoms with Gasteiger partial charge in [0.05, 0.1) is 23.0 Å². The molecule has 0 aliphatic heterocycles. The Balaban J connectivity index is 2.57. The molecular formula is C10H10ClN3O2. The van der Waals surface area contributed by atoms with E-state index in [4.69, 9.17) is 16.7 Å². The van der Waals surface area contributed by atoms with Crippen LogP contribution in [0.2, 0.25) is 5.02 Å². The molecule has 0 aromatic carbocycles. The Morgan fingerprint density at radius 1 is 1.56 bits per heavy atom. The van der Waals surface area contributed by atoms with Crippen LogP contribution in [-0.2, 0) is 17.8 Å².